The van der Waals surface area contributed by atoms with E-state index in [0.717, 1.165) is 18.9 Å². The van der Waals surface area contributed by atoms with Crippen molar-refractivity contribution < 1.29 is 8.78 Å². The number of rotatable bonds is 2. The summed E-state index contributed by atoms with van der Waals surface area (Å²) in [5.74, 6) is -0.284. The summed E-state index contributed by atoms with van der Waals surface area (Å²) in [5, 5.41) is 6.78. The van der Waals surface area contributed by atoms with Gasteiger partial charge in [0.15, 0.2) is 4.77 Å². The Morgan fingerprint density at radius 2 is 2.06 bits per heavy atom. The quantitative estimate of drug-likeness (QED) is 0.669. The third-order valence-corrected chi connectivity index (χ3v) is 3.75. The fourth-order valence-electron chi connectivity index (χ4n) is 1.84. The molecule has 7 heteroatoms. The van der Waals surface area contributed by atoms with Crippen molar-refractivity contribution in [1.82, 2.24) is 14.8 Å². The summed E-state index contributed by atoms with van der Waals surface area (Å²) in [7, 11) is 0. The molecule has 1 heterocycles. The maximum absolute atomic E-state index is 13.9. The van der Waals surface area contributed by atoms with Gasteiger partial charge in [0.2, 0.25) is 0 Å². The molecule has 1 aromatic carbocycles. The number of nitrogens with one attached hydrogen (secondary N) is 1. The highest BCUT2D eigenvalue weighted by Crippen LogP contribution is 2.40. The standard InChI is InChI=1S/C11H8BrF2N3S/c12-6-3-9(8(14)4-7(6)13)17-10(5-1-2-5)15-16-11(17)18/h3-5H,1-2H2,(H,16,18). The third-order valence-electron chi connectivity index (χ3n) is 2.87. The fraction of sp³-hybridized carbons (Fsp3) is 0.273. The highest BCUT2D eigenvalue weighted by molar-refractivity contribution is 9.10. The van der Waals surface area contributed by atoms with E-state index in [2.05, 4.69) is 26.1 Å². The molecule has 1 aliphatic carbocycles. The fourth-order valence-corrected chi connectivity index (χ4v) is 2.41. The van der Waals surface area contributed by atoms with Crippen molar-refractivity contribution in [3.05, 3.63) is 38.8 Å². The summed E-state index contributed by atoms with van der Waals surface area (Å²) in [6.07, 6.45) is 2.03. The number of aromatic nitrogens is 3. The largest absolute Gasteiger partial charge is 0.269 e. The molecule has 1 fully saturated rings. The molecule has 0 aliphatic heterocycles. The van der Waals surface area contributed by atoms with Crippen molar-refractivity contribution in [3.63, 3.8) is 0 Å². The number of halogens is 3. The van der Waals surface area contributed by atoms with Crippen LogP contribution in [0.15, 0.2) is 16.6 Å². The predicted molar refractivity (Wildman–Crippen MR) is 68.3 cm³/mol. The second-order valence-corrected chi connectivity index (χ2v) is 5.46. The van der Waals surface area contributed by atoms with E-state index in [1.54, 1.807) is 0 Å². The number of hydrogen-bond donors (Lipinski definition) is 1. The van der Waals surface area contributed by atoms with Crippen LogP contribution in [-0.2, 0) is 0 Å². The van der Waals surface area contributed by atoms with Gasteiger partial charge in [-0.3, -0.25) is 9.67 Å². The van der Waals surface area contributed by atoms with Crippen LogP contribution in [0, 0.1) is 16.4 Å². The van der Waals surface area contributed by atoms with Crippen LogP contribution in [0.3, 0.4) is 0 Å². The highest BCUT2D eigenvalue weighted by atomic mass is 79.9. The molecule has 1 aromatic heterocycles. The third kappa shape index (κ3) is 1.91. The number of hydrogen-bond acceptors (Lipinski definition) is 2. The molecule has 1 N–H and O–H groups in total. The maximum Gasteiger partial charge on any atom is 0.199 e. The number of benzene rings is 1. The van der Waals surface area contributed by atoms with Crippen LogP contribution in [0.2, 0.25) is 0 Å². The zero-order valence-electron chi connectivity index (χ0n) is 9.08. The van der Waals surface area contributed by atoms with Gasteiger partial charge in [-0.2, -0.15) is 5.10 Å². The van der Waals surface area contributed by atoms with Crippen molar-refractivity contribution in [1.29, 1.82) is 0 Å². The molecule has 1 aliphatic rings. The van der Waals surface area contributed by atoms with Gasteiger partial charge in [0.25, 0.3) is 0 Å². The Bertz CT molecular complexity index is 675. The first-order valence-corrected chi connectivity index (χ1v) is 6.60. The molecule has 2 aromatic rings. The van der Waals surface area contributed by atoms with Crippen LogP contribution < -0.4 is 0 Å². The first kappa shape index (κ1) is 12.0. The van der Waals surface area contributed by atoms with Crippen molar-refractivity contribution >= 4 is 28.1 Å². The van der Waals surface area contributed by atoms with Crippen LogP contribution >= 0.6 is 28.1 Å². The van der Waals surface area contributed by atoms with E-state index in [9.17, 15) is 8.78 Å². The minimum atomic E-state index is -0.657. The molecule has 0 bridgehead atoms. The van der Waals surface area contributed by atoms with Gasteiger partial charge in [-0.25, -0.2) is 8.78 Å². The van der Waals surface area contributed by atoms with Gasteiger partial charge in [0.1, 0.15) is 17.5 Å². The normalized spacial score (nSPS) is 15.1. The van der Waals surface area contributed by atoms with Crippen LogP contribution in [-0.4, -0.2) is 14.8 Å². The lowest BCUT2D eigenvalue weighted by molar-refractivity contribution is 0.571. The van der Waals surface area contributed by atoms with E-state index < -0.39 is 11.6 Å². The summed E-state index contributed by atoms with van der Waals surface area (Å²) < 4.78 is 29.1. The van der Waals surface area contributed by atoms with Gasteiger partial charge >= 0.3 is 0 Å². The van der Waals surface area contributed by atoms with Crippen molar-refractivity contribution in [2.45, 2.75) is 18.8 Å². The first-order chi connectivity index (χ1) is 8.58. The van der Waals surface area contributed by atoms with E-state index in [4.69, 9.17) is 12.2 Å². The minimum Gasteiger partial charge on any atom is -0.269 e. The van der Waals surface area contributed by atoms with Gasteiger partial charge in [0, 0.05) is 12.0 Å². The summed E-state index contributed by atoms with van der Waals surface area (Å²) in [5.41, 5.74) is 0.212. The van der Waals surface area contributed by atoms with Gasteiger partial charge in [-0.15, -0.1) is 0 Å². The van der Waals surface area contributed by atoms with Crippen LogP contribution in [0.1, 0.15) is 24.6 Å². The topological polar surface area (TPSA) is 33.6 Å². The van der Waals surface area contributed by atoms with Gasteiger partial charge < -0.3 is 0 Å². The van der Waals surface area contributed by atoms with Gasteiger partial charge in [-0.1, -0.05) is 0 Å². The molecule has 0 atom stereocenters. The Hall–Kier alpha value is -1.08. The summed E-state index contributed by atoms with van der Waals surface area (Å²) >= 11 is 8.15. The SMILES string of the molecule is Fc1cc(F)c(-n2c(C3CC3)n[nH]c2=S)cc1Br. The Kier molecular flexibility index (Phi) is 2.82. The molecule has 18 heavy (non-hydrogen) atoms. The van der Waals surface area contributed by atoms with E-state index in [1.807, 2.05) is 0 Å². The van der Waals surface area contributed by atoms with Crippen molar-refractivity contribution in [2.75, 3.05) is 0 Å². The molecule has 0 amide bonds. The van der Waals surface area contributed by atoms with Crippen molar-refractivity contribution in [2.24, 2.45) is 0 Å². The van der Waals surface area contributed by atoms with E-state index >= 15 is 0 Å². The first-order valence-electron chi connectivity index (χ1n) is 5.40. The van der Waals surface area contributed by atoms with Crippen molar-refractivity contribution in [3.8, 4) is 5.69 Å². The second kappa shape index (κ2) is 4.24. The zero-order chi connectivity index (χ0) is 12.9. The second-order valence-electron chi connectivity index (χ2n) is 4.21. The lowest BCUT2D eigenvalue weighted by atomic mass is 10.2. The zero-order valence-corrected chi connectivity index (χ0v) is 11.5. The molecule has 0 unspecified atom stereocenters. The number of H-pyrrole nitrogens is 1. The smallest absolute Gasteiger partial charge is 0.199 e. The van der Waals surface area contributed by atoms with Crippen LogP contribution in [0.4, 0.5) is 8.78 Å². The molecule has 3 nitrogen and oxygen atoms in total. The molecule has 1 saturated carbocycles. The molecule has 3 rings (SSSR count). The molecular formula is C11H8BrF2N3S. The van der Waals surface area contributed by atoms with Gasteiger partial charge in [-0.05, 0) is 47.1 Å². The monoisotopic (exact) mass is 331 g/mol. The highest BCUT2D eigenvalue weighted by Gasteiger charge is 2.30. The van der Waals surface area contributed by atoms with E-state index in [-0.39, 0.29) is 10.2 Å². The lowest BCUT2D eigenvalue weighted by Crippen LogP contribution is -2.03. The van der Waals surface area contributed by atoms with Crippen LogP contribution in [0.5, 0.6) is 0 Å². The molecule has 94 valence electrons. The van der Waals surface area contributed by atoms with Gasteiger partial charge in [0.05, 0.1) is 10.2 Å². The van der Waals surface area contributed by atoms with E-state index in [0.29, 0.717) is 16.5 Å². The summed E-state index contributed by atoms with van der Waals surface area (Å²) in [4.78, 5) is 0. The number of nitrogens with zero attached hydrogens (tertiary/aromatic N) is 2. The molecule has 0 spiro atoms. The average Bonchev–Trinajstić information content (AvgIpc) is 3.09. The van der Waals surface area contributed by atoms with Crippen LogP contribution in [0.25, 0.3) is 5.69 Å². The molecular weight excluding hydrogens is 324 g/mol. The number of aromatic amines is 1. The van der Waals surface area contributed by atoms with E-state index in [1.165, 1.54) is 10.6 Å². The Balaban J connectivity index is 2.23. The summed E-state index contributed by atoms with van der Waals surface area (Å²) in [6.45, 7) is 0. The Labute approximate surface area is 115 Å². The average molecular weight is 332 g/mol. The molecule has 0 saturated heterocycles. The minimum absolute atomic E-state index is 0.198. The Morgan fingerprint density at radius 1 is 1.33 bits per heavy atom. The molecule has 0 radical (unpaired) electrons. The Morgan fingerprint density at radius 3 is 2.72 bits per heavy atom. The lowest BCUT2D eigenvalue weighted by Gasteiger charge is -2.08. The maximum atomic E-state index is 13.9. The predicted octanol–water partition coefficient (Wildman–Crippen LogP) is 3.85. The summed E-state index contributed by atoms with van der Waals surface area (Å²) in [6, 6.07) is 2.22.